The number of H-pyrrole nitrogens is 1. The van der Waals surface area contributed by atoms with Crippen LogP contribution in [0.4, 0.5) is 0 Å². The van der Waals surface area contributed by atoms with Crippen LogP contribution in [0.1, 0.15) is 19.4 Å². The Labute approximate surface area is 198 Å². The van der Waals surface area contributed by atoms with E-state index in [1.54, 1.807) is 38.2 Å². The summed E-state index contributed by atoms with van der Waals surface area (Å²) in [5.41, 5.74) is 9.57. The van der Waals surface area contributed by atoms with Gasteiger partial charge in [0.25, 0.3) is 0 Å². The zero-order valence-corrected chi connectivity index (χ0v) is 20.1. The highest BCUT2D eigenvalue weighted by atomic mass is 32.2. The number of rotatable bonds is 8. The molecule has 178 valence electrons. The van der Waals surface area contributed by atoms with Crippen LogP contribution in [0.2, 0.25) is 0 Å². The first-order valence-electron chi connectivity index (χ1n) is 11.0. The second kappa shape index (κ2) is 9.44. The van der Waals surface area contributed by atoms with E-state index in [1.807, 2.05) is 31.2 Å². The van der Waals surface area contributed by atoms with Crippen LogP contribution in [0.5, 0.6) is 5.75 Å². The number of nitrogens with one attached hydrogen (secondary N) is 1. The van der Waals surface area contributed by atoms with Crippen molar-refractivity contribution >= 4 is 37.7 Å². The highest BCUT2D eigenvalue weighted by Gasteiger charge is 2.18. The molecule has 4 rings (SSSR count). The number of hydrogen-bond donors (Lipinski definition) is 2. The minimum Gasteiger partial charge on any atom is -0.488 e. The molecular weight excluding hydrogens is 454 g/mol. The average molecular weight is 482 g/mol. The molecule has 4 aromatic rings. The molecule has 0 saturated heterocycles. The van der Waals surface area contributed by atoms with Gasteiger partial charge in [-0.25, -0.2) is 13.4 Å². The number of carbonyl (C=O) groups is 1. The number of fused-ring (bicyclic) bond motifs is 3. The predicted molar refractivity (Wildman–Crippen MR) is 132 cm³/mol. The van der Waals surface area contributed by atoms with E-state index in [-0.39, 0.29) is 23.9 Å². The molecule has 0 aliphatic carbocycles. The molecule has 0 spiro atoms. The Kier molecular flexibility index (Phi) is 6.58. The van der Waals surface area contributed by atoms with Gasteiger partial charge < -0.3 is 20.2 Å². The monoisotopic (exact) mass is 481 g/mol. The van der Waals surface area contributed by atoms with Crippen LogP contribution in [-0.4, -0.2) is 49.4 Å². The average Bonchev–Trinajstić information content (AvgIpc) is 3.20. The zero-order valence-electron chi connectivity index (χ0n) is 19.3. The van der Waals surface area contributed by atoms with Crippen LogP contribution in [0.3, 0.4) is 0 Å². The number of hydrogen-bond acceptors (Lipinski definition) is 7. The van der Waals surface area contributed by atoms with E-state index in [2.05, 4.69) is 9.97 Å². The number of nitrogens with zero attached hydrogens (tertiary/aromatic N) is 1. The summed E-state index contributed by atoms with van der Waals surface area (Å²) in [4.78, 5) is 19.7. The summed E-state index contributed by atoms with van der Waals surface area (Å²) >= 11 is 0. The molecule has 3 N–H and O–H groups in total. The van der Waals surface area contributed by atoms with Crippen LogP contribution in [0.15, 0.2) is 53.6 Å². The van der Waals surface area contributed by atoms with E-state index in [0.717, 1.165) is 33.0 Å². The first-order valence-corrected chi connectivity index (χ1v) is 12.7. The van der Waals surface area contributed by atoms with Gasteiger partial charge in [-0.2, -0.15) is 0 Å². The molecule has 2 aromatic carbocycles. The van der Waals surface area contributed by atoms with Gasteiger partial charge in [-0.05, 0) is 60.9 Å². The summed E-state index contributed by atoms with van der Waals surface area (Å²) in [6.07, 6.45) is 1.78. The second-order valence-electron chi connectivity index (χ2n) is 8.13. The summed E-state index contributed by atoms with van der Waals surface area (Å²) in [6, 6.07) is 12.0. The topological polar surface area (TPSA) is 124 Å². The quantitative estimate of drug-likeness (QED) is 0.290. The molecule has 2 heterocycles. The number of aromatic nitrogens is 2. The highest BCUT2D eigenvalue weighted by Crippen LogP contribution is 2.39. The van der Waals surface area contributed by atoms with Gasteiger partial charge in [0, 0.05) is 17.0 Å². The Bertz CT molecular complexity index is 1470. The predicted octanol–water partition coefficient (Wildman–Crippen LogP) is 3.75. The van der Waals surface area contributed by atoms with Crippen molar-refractivity contribution in [3.8, 4) is 16.9 Å². The minimum absolute atomic E-state index is 0.0301. The number of nitrogens with two attached hydrogens (primary N) is 1. The van der Waals surface area contributed by atoms with Gasteiger partial charge in [-0.15, -0.1) is 0 Å². The first-order chi connectivity index (χ1) is 16.2. The molecule has 0 amide bonds. The SMILES string of the molecule is CCS(=O)(=O)c1cccc(-c2ccc(OCCOC(=O)[C@H](C)N)c3[nH]c4ncc(C)cc4c23)c1. The van der Waals surface area contributed by atoms with Crippen LogP contribution >= 0.6 is 0 Å². The van der Waals surface area contributed by atoms with Gasteiger partial charge in [0.2, 0.25) is 0 Å². The molecule has 0 bridgehead atoms. The first kappa shape index (κ1) is 23.7. The van der Waals surface area contributed by atoms with Crippen molar-refractivity contribution in [3.05, 3.63) is 54.2 Å². The van der Waals surface area contributed by atoms with Crippen molar-refractivity contribution < 1.29 is 22.7 Å². The standard InChI is InChI=1S/C25H27N3O5S/c1-4-34(30,31)18-7-5-6-17(13-18)19-8-9-21(32-10-11-33-25(29)16(3)26)23-22(19)20-12-15(2)14-27-24(20)28-23/h5-9,12-14,16H,4,10-11,26H2,1-3H3,(H,27,28)/t16-/m0/s1. The maximum atomic E-state index is 12.5. The molecule has 34 heavy (non-hydrogen) atoms. The Morgan fingerprint density at radius 3 is 2.71 bits per heavy atom. The van der Waals surface area contributed by atoms with E-state index >= 15 is 0 Å². The van der Waals surface area contributed by atoms with Gasteiger partial charge in [-0.1, -0.05) is 19.1 Å². The van der Waals surface area contributed by atoms with Crippen molar-refractivity contribution in [1.82, 2.24) is 9.97 Å². The number of aromatic amines is 1. The summed E-state index contributed by atoms with van der Waals surface area (Å²) in [5, 5.41) is 1.78. The summed E-state index contributed by atoms with van der Waals surface area (Å²) < 4.78 is 35.9. The molecule has 0 saturated carbocycles. The highest BCUT2D eigenvalue weighted by molar-refractivity contribution is 7.91. The van der Waals surface area contributed by atoms with E-state index in [1.165, 1.54) is 0 Å². The van der Waals surface area contributed by atoms with Gasteiger partial charge in [0.1, 0.15) is 30.7 Å². The zero-order chi connectivity index (χ0) is 24.5. The third-order valence-electron chi connectivity index (χ3n) is 5.55. The minimum atomic E-state index is -3.35. The van der Waals surface area contributed by atoms with Gasteiger partial charge in [0.05, 0.1) is 16.2 Å². The Morgan fingerprint density at radius 2 is 1.97 bits per heavy atom. The summed E-state index contributed by atoms with van der Waals surface area (Å²) in [5.74, 6) is 0.113. The van der Waals surface area contributed by atoms with Crippen molar-refractivity contribution in [2.75, 3.05) is 19.0 Å². The molecule has 0 radical (unpaired) electrons. The Balaban J connectivity index is 1.79. The lowest BCUT2D eigenvalue weighted by Crippen LogP contribution is -2.29. The van der Waals surface area contributed by atoms with Crippen molar-refractivity contribution in [2.45, 2.75) is 31.7 Å². The summed E-state index contributed by atoms with van der Waals surface area (Å²) in [7, 11) is -3.35. The lowest BCUT2D eigenvalue weighted by molar-refractivity contribution is -0.145. The van der Waals surface area contributed by atoms with E-state index in [4.69, 9.17) is 15.2 Å². The second-order valence-corrected chi connectivity index (χ2v) is 10.4. The number of benzene rings is 2. The molecule has 1 atom stereocenters. The van der Waals surface area contributed by atoms with Crippen LogP contribution < -0.4 is 10.5 Å². The van der Waals surface area contributed by atoms with Crippen LogP contribution in [-0.2, 0) is 19.4 Å². The summed E-state index contributed by atoms with van der Waals surface area (Å²) in [6.45, 7) is 5.38. The molecule has 9 heteroatoms. The number of esters is 1. The fourth-order valence-corrected chi connectivity index (χ4v) is 4.70. The van der Waals surface area contributed by atoms with E-state index in [9.17, 15) is 13.2 Å². The molecule has 0 fully saturated rings. The largest absolute Gasteiger partial charge is 0.488 e. The molecule has 0 aliphatic rings. The maximum Gasteiger partial charge on any atom is 0.322 e. The fourth-order valence-electron chi connectivity index (χ4n) is 3.78. The number of ether oxygens (including phenoxy) is 2. The normalized spacial score (nSPS) is 12.7. The fraction of sp³-hybridized carbons (Fsp3) is 0.280. The third kappa shape index (κ3) is 4.62. The van der Waals surface area contributed by atoms with Crippen molar-refractivity contribution in [2.24, 2.45) is 5.73 Å². The van der Waals surface area contributed by atoms with Gasteiger partial charge in [0.15, 0.2) is 9.84 Å². The third-order valence-corrected chi connectivity index (χ3v) is 7.28. The Morgan fingerprint density at radius 1 is 1.18 bits per heavy atom. The number of sulfone groups is 1. The van der Waals surface area contributed by atoms with E-state index in [0.29, 0.717) is 11.4 Å². The maximum absolute atomic E-state index is 12.5. The number of pyridine rings is 1. The smallest absolute Gasteiger partial charge is 0.322 e. The Hall–Kier alpha value is -3.43. The number of carbonyl (C=O) groups excluding carboxylic acids is 1. The molecule has 8 nitrogen and oxygen atoms in total. The van der Waals surface area contributed by atoms with E-state index < -0.39 is 21.8 Å². The van der Waals surface area contributed by atoms with Crippen LogP contribution in [0, 0.1) is 6.92 Å². The van der Waals surface area contributed by atoms with Gasteiger partial charge in [-0.3, -0.25) is 4.79 Å². The molecular formula is C25H27N3O5S. The van der Waals surface area contributed by atoms with Crippen molar-refractivity contribution in [3.63, 3.8) is 0 Å². The molecule has 0 aliphatic heterocycles. The number of aryl methyl sites for hydroxylation is 1. The van der Waals surface area contributed by atoms with Crippen LogP contribution in [0.25, 0.3) is 33.1 Å². The van der Waals surface area contributed by atoms with Gasteiger partial charge >= 0.3 is 5.97 Å². The lowest BCUT2D eigenvalue weighted by Gasteiger charge is -2.12. The lowest BCUT2D eigenvalue weighted by atomic mass is 9.99. The molecule has 0 unspecified atom stereocenters. The van der Waals surface area contributed by atoms with Crippen molar-refractivity contribution in [1.29, 1.82) is 0 Å². The molecule has 2 aromatic heterocycles.